The number of ether oxygens (including phenoxy) is 4. The molecule has 32 heavy (non-hydrogen) atoms. The van der Waals surface area contributed by atoms with Gasteiger partial charge in [0.1, 0.15) is 6.61 Å². The van der Waals surface area contributed by atoms with Gasteiger partial charge in [-0.25, -0.2) is 0 Å². The minimum atomic E-state index is 0.487. The van der Waals surface area contributed by atoms with Gasteiger partial charge in [0.2, 0.25) is 0 Å². The van der Waals surface area contributed by atoms with Crippen LogP contribution in [0, 0.1) is 6.92 Å². The lowest BCUT2D eigenvalue weighted by Gasteiger charge is -2.13. The zero-order chi connectivity index (χ0) is 22.8. The van der Waals surface area contributed by atoms with E-state index in [1.54, 1.807) is 20.4 Å². The first-order chi connectivity index (χ1) is 15.6. The topological polar surface area (TPSA) is 61.3 Å². The molecule has 6 heteroatoms. The third kappa shape index (κ3) is 6.41. The molecule has 0 bridgehead atoms. The monoisotopic (exact) mass is 434 g/mol. The fourth-order valence-electron chi connectivity index (χ4n) is 3.09. The van der Waals surface area contributed by atoms with Crippen molar-refractivity contribution in [3.05, 3.63) is 82.9 Å². The molecule has 0 unspecified atom stereocenters. The number of rotatable bonds is 11. The van der Waals surface area contributed by atoms with Gasteiger partial charge in [-0.2, -0.15) is 5.10 Å². The maximum absolute atomic E-state index is 5.99. The number of hydrazone groups is 1. The predicted molar refractivity (Wildman–Crippen MR) is 127 cm³/mol. The van der Waals surface area contributed by atoms with E-state index in [1.165, 1.54) is 5.56 Å². The molecule has 0 radical (unpaired) electrons. The molecule has 0 fully saturated rings. The molecule has 0 aromatic heterocycles. The van der Waals surface area contributed by atoms with Crippen LogP contribution < -0.4 is 24.4 Å². The van der Waals surface area contributed by atoms with E-state index in [0.29, 0.717) is 42.8 Å². The molecule has 3 aromatic rings. The number of nitrogens with one attached hydrogen (secondary N) is 1. The summed E-state index contributed by atoms with van der Waals surface area (Å²) in [6.07, 6.45) is 1.76. The molecule has 0 saturated carbocycles. The first-order valence-corrected chi connectivity index (χ1v) is 10.5. The van der Waals surface area contributed by atoms with E-state index in [4.69, 9.17) is 18.9 Å². The van der Waals surface area contributed by atoms with Gasteiger partial charge in [0.05, 0.1) is 33.6 Å². The first kappa shape index (κ1) is 23.0. The van der Waals surface area contributed by atoms with Crippen molar-refractivity contribution in [3.63, 3.8) is 0 Å². The van der Waals surface area contributed by atoms with E-state index in [1.807, 2.05) is 43.3 Å². The smallest absolute Gasteiger partial charge is 0.161 e. The highest BCUT2D eigenvalue weighted by atomic mass is 16.5. The number of hydrogen-bond acceptors (Lipinski definition) is 6. The fourth-order valence-corrected chi connectivity index (χ4v) is 3.09. The number of hydrogen-bond donors (Lipinski definition) is 1. The lowest BCUT2D eigenvalue weighted by Crippen LogP contribution is -2.06. The van der Waals surface area contributed by atoms with Crippen molar-refractivity contribution in [2.24, 2.45) is 5.10 Å². The van der Waals surface area contributed by atoms with Crippen LogP contribution in [0.3, 0.4) is 0 Å². The van der Waals surface area contributed by atoms with Crippen LogP contribution >= 0.6 is 0 Å². The summed E-state index contributed by atoms with van der Waals surface area (Å²) in [5.74, 6) is 2.80. The first-order valence-electron chi connectivity index (χ1n) is 10.5. The van der Waals surface area contributed by atoms with Crippen LogP contribution in [-0.4, -0.2) is 27.0 Å². The lowest BCUT2D eigenvalue weighted by atomic mass is 10.2. The van der Waals surface area contributed by atoms with Crippen molar-refractivity contribution in [2.75, 3.05) is 20.8 Å². The molecule has 6 nitrogen and oxygen atoms in total. The Kier molecular flexibility index (Phi) is 8.37. The van der Waals surface area contributed by atoms with Crippen LogP contribution in [0.4, 0.5) is 0 Å². The largest absolute Gasteiger partial charge is 0.493 e. The Morgan fingerprint density at radius 2 is 1.50 bits per heavy atom. The van der Waals surface area contributed by atoms with Gasteiger partial charge in [-0.1, -0.05) is 35.9 Å². The van der Waals surface area contributed by atoms with Crippen LogP contribution in [0.15, 0.2) is 65.8 Å². The Balaban J connectivity index is 1.60. The van der Waals surface area contributed by atoms with Crippen LogP contribution in [0.25, 0.3) is 0 Å². The number of benzene rings is 3. The molecule has 0 amide bonds. The Bertz CT molecular complexity index is 1030. The molecular formula is C26H30N2O4. The highest BCUT2D eigenvalue weighted by molar-refractivity contribution is 5.80. The SMILES string of the molecule is CCOc1cc(/C=N\NCc2ccc(OC)c(OC)c2)ccc1OCc1ccc(C)cc1. The molecule has 0 atom stereocenters. The van der Waals surface area contributed by atoms with E-state index in [2.05, 4.69) is 41.7 Å². The minimum absolute atomic E-state index is 0.487. The Labute approximate surface area is 189 Å². The third-order valence-corrected chi connectivity index (χ3v) is 4.82. The van der Waals surface area contributed by atoms with E-state index in [9.17, 15) is 0 Å². The average Bonchev–Trinajstić information content (AvgIpc) is 2.82. The van der Waals surface area contributed by atoms with Gasteiger partial charge in [-0.15, -0.1) is 0 Å². The molecule has 0 aliphatic rings. The van der Waals surface area contributed by atoms with Crippen molar-refractivity contribution >= 4 is 6.21 Å². The summed E-state index contributed by atoms with van der Waals surface area (Å²) in [6.45, 7) is 5.63. The van der Waals surface area contributed by atoms with Crippen LogP contribution in [0.5, 0.6) is 23.0 Å². The maximum Gasteiger partial charge on any atom is 0.161 e. The number of aryl methyl sites for hydroxylation is 1. The third-order valence-electron chi connectivity index (χ3n) is 4.82. The maximum atomic E-state index is 5.99. The summed E-state index contributed by atoms with van der Waals surface area (Å²) in [7, 11) is 3.24. The molecule has 168 valence electrons. The summed E-state index contributed by atoms with van der Waals surface area (Å²) >= 11 is 0. The van der Waals surface area contributed by atoms with Crippen LogP contribution in [0.1, 0.15) is 29.2 Å². The second-order valence-corrected chi connectivity index (χ2v) is 7.20. The van der Waals surface area contributed by atoms with E-state index in [0.717, 1.165) is 16.7 Å². The van der Waals surface area contributed by atoms with Gasteiger partial charge in [0.15, 0.2) is 23.0 Å². The average molecular weight is 435 g/mol. The van der Waals surface area contributed by atoms with Crippen molar-refractivity contribution < 1.29 is 18.9 Å². The van der Waals surface area contributed by atoms with E-state index in [-0.39, 0.29) is 0 Å². The molecule has 3 rings (SSSR count). The zero-order valence-electron chi connectivity index (χ0n) is 19.1. The van der Waals surface area contributed by atoms with Crippen molar-refractivity contribution in [1.29, 1.82) is 0 Å². The molecule has 0 aliphatic heterocycles. The van der Waals surface area contributed by atoms with Gasteiger partial charge in [0, 0.05) is 0 Å². The summed E-state index contributed by atoms with van der Waals surface area (Å²) in [5, 5.41) is 4.32. The standard InChI is InChI=1S/C26H30N2O4/c1-5-31-26-15-22(11-13-24(26)32-18-20-8-6-19(2)7-9-20)17-28-27-16-21-10-12-23(29-3)25(14-21)30-4/h6-15,17,27H,5,16,18H2,1-4H3/b28-17-. The predicted octanol–water partition coefficient (Wildman–Crippen LogP) is 5.11. The van der Waals surface area contributed by atoms with Gasteiger partial charge in [-0.05, 0) is 60.9 Å². The lowest BCUT2D eigenvalue weighted by molar-refractivity contribution is 0.269. The van der Waals surface area contributed by atoms with Crippen LogP contribution in [0.2, 0.25) is 0 Å². The highest BCUT2D eigenvalue weighted by Gasteiger charge is 2.07. The molecule has 0 saturated heterocycles. The van der Waals surface area contributed by atoms with Crippen molar-refractivity contribution in [2.45, 2.75) is 27.0 Å². The molecular weight excluding hydrogens is 404 g/mol. The van der Waals surface area contributed by atoms with Gasteiger partial charge >= 0.3 is 0 Å². The molecule has 0 heterocycles. The van der Waals surface area contributed by atoms with Crippen molar-refractivity contribution in [3.8, 4) is 23.0 Å². The molecule has 0 spiro atoms. The normalized spacial score (nSPS) is 10.8. The summed E-state index contributed by atoms with van der Waals surface area (Å²) in [6, 6.07) is 19.9. The summed E-state index contributed by atoms with van der Waals surface area (Å²) in [4.78, 5) is 0. The summed E-state index contributed by atoms with van der Waals surface area (Å²) < 4.78 is 22.4. The summed E-state index contributed by atoms with van der Waals surface area (Å²) in [5.41, 5.74) is 7.35. The Morgan fingerprint density at radius 1 is 0.781 bits per heavy atom. The minimum Gasteiger partial charge on any atom is -0.493 e. The molecule has 0 aliphatic carbocycles. The fraction of sp³-hybridized carbons (Fsp3) is 0.269. The Morgan fingerprint density at radius 3 is 2.22 bits per heavy atom. The van der Waals surface area contributed by atoms with Crippen molar-refractivity contribution in [1.82, 2.24) is 5.43 Å². The van der Waals surface area contributed by atoms with Gasteiger partial charge in [0.25, 0.3) is 0 Å². The zero-order valence-corrected chi connectivity index (χ0v) is 19.1. The van der Waals surface area contributed by atoms with Gasteiger partial charge < -0.3 is 24.4 Å². The van der Waals surface area contributed by atoms with Gasteiger partial charge in [-0.3, -0.25) is 0 Å². The second kappa shape index (κ2) is 11.6. The molecule has 3 aromatic carbocycles. The van der Waals surface area contributed by atoms with Crippen LogP contribution in [-0.2, 0) is 13.2 Å². The Hall–Kier alpha value is -3.67. The second-order valence-electron chi connectivity index (χ2n) is 7.20. The molecule has 1 N–H and O–H groups in total. The number of nitrogens with zero attached hydrogens (tertiary/aromatic N) is 1. The quantitative estimate of drug-likeness (QED) is 0.336. The highest BCUT2D eigenvalue weighted by Crippen LogP contribution is 2.29. The number of methoxy groups -OCH3 is 2. The van der Waals surface area contributed by atoms with E-state index >= 15 is 0 Å². The van der Waals surface area contributed by atoms with E-state index < -0.39 is 0 Å².